The molecule has 0 fully saturated rings. The SMILES string of the molecule is CC1(C)c2cc(-c3cccc4c5c6ccccc6ccc5n(-c5nc(-c6ccccc6)c6ccccc6n5)c34)ccc2-c2c1ccc1ccccc21. The maximum Gasteiger partial charge on any atom is 0.235 e. The van der Waals surface area contributed by atoms with Gasteiger partial charge in [-0.1, -0.05) is 159 Å². The van der Waals surface area contributed by atoms with E-state index in [9.17, 15) is 0 Å². The summed E-state index contributed by atoms with van der Waals surface area (Å²) in [7, 11) is 0. The fourth-order valence-corrected chi connectivity index (χ4v) is 8.93. The van der Waals surface area contributed by atoms with Gasteiger partial charge in [-0.05, 0) is 67.6 Å². The second-order valence-electron chi connectivity index (χ2n) is 14.6. The van der Waals surface area contributed by atoms with E-state index in [0.717, 1.165) is 38.8 Å². The van der Waals surface area contributed by atoms with Gasteiger partial charge in [0.1, 0.15) is 0 Å². The minimum absolute atomic E-state index is 0.145. The highest BCUT2D eigenvalue weighted by Crippen LogP contribution is 2.52. The quantitative estimate of drug-likeness (QED) is 0.188. The zero-order chi connectivity index (χ0) is 34.6. The minimum Gasteiger partial charge on any atom is -0.277 e. The van der Waals surface area contributed by atoms with Gasteiger partial charge >= 0.3 is 0 Å². The van der Waals surface area contributed by atoms with Crippen molar-refractivity contribution in [3.63, 3.8) is 0 Å². The number of para-hydroxylation sites is 2. The van der Waals surface area contributed by atoms with Crippen LogP contribution in [0.3, 0.4) is 0 Å². The van der Waals surface area contributed by atoms with E-state index in [-0.39, 0.29) is 5.41 Å². The van der Waals surface area contributed by atoms with Crippen LogP contribution in [-0.2, 0) is 5.41 Å². The molecule has 0 N–H and O–H groups in total. The Morgan fingerprint density at radius 2 is 1.17 bits per heavy atom. The van der Waals surface area contributed by atoms with Crippen molar-refractivity contribution in [1.29, 1.82) is 0 Å². The zero-order valence-electron chi connectivity index (χ0n) is 28.9. The number of rotatable bonds is 3. The number of fused-ring (bicyclic) bond motifs is 11. The van der Waals surface area contributed by atoms with Crippen LogP contribution >= 0.6 is 0 Å². The summed E-state index contributed by atoms with van der Waals surface area (Å²) < 4.78 is 2.31. The van der Waals surface area contributed by atoms with Crippen LogP contribution < -0.4 is 0 Å². The van der Waals surface area contributed by atoms with Gasteiger partial charge in [0.05, 0.1) is 22.2 Å². The molecule has 11 rings (SSSR count). The fraction of sp³-hybridized carbons (Fsp3) is 0.0612. The Hall–Kier alpha value is -6.58. The van der Waals surface area contributed by atoms with Crippen LogP contribution in [0, 0.1) is 0 Å². The van der Waals surface area contributed by atoms with Crippen molar-refractivity contribution in [1.82, 2.24) is 14.5 Å². The van der Waals surface area contributed by atoms with E-state index in [2.05, 4.69) is 182 Å². The minimum atomic E-state index is -0.145. The van der Waals surface area contributed by atoms with E-state index in [1.54, 1.807) is 0 Å². The lowest BCUT2D eigenvalue weighted by molar-refractivity contribution is 0.661. The molecule has 0 aliphatic heterocycles. The summed E-state index contributed by atoms with van der Waals surface area (Å²) in [6, 6.07) is 59.2. The van der Waals surface area contributed by atoms with Crippen molar-refractivity contribution in [2.24, 2.45) is 0 Å². The number of benzene rings is 8. The normalized spacial score (nSPS) is 13.3. The molecule has 3 heteroatoms. The van der Waals surface area contributed by atoms with Gasteiger partial charge in [-0.15, -0.1) is 0 Å². The average Bonchev–Trinajstić information content (AvgIpc) is 3.66. The number of hydrogen-bond donors (Lipinski definition) is 0. The van der Waals surface area contributed by atoms with E-state index in [0.29, 0.717) is 5.95 Å². The Bertz CT molecular complexity index is 3100. The van der Waals surface area contributed by atoms with Gasteiger partial charge in [-0.25, -0.2) is 9.97 Å². The molecule has 1 aliphatic carbocycles. The van der Waals surface area contributed by atoms with Gasteiger partial charge in [-0.2, -0.15) is 0 Å². The summed E-state index contributed by atoms with van der Waals surface area (Å²) in [5.74, 6) is 0.667. The van der Waals surface area contributed by atoms with E-state index in [4.69, 9.17) is 9.97 Å². The molecule has 0 bridgehead atoms. The van der Waals surface area contributed by atoms with Gasteiger partial charge in [-0.3, -0.25) is 4.57 Å². The molecule has 2 aromatic heterocycles. The summed E-state index contributed by atoms with van der Waals surface area (Å²) in [4.78, 5) is 10.7. The molecule has 0 amide bonds. The molecule has 52 heavy (non-hydrogen) atoms. The lowest BCUT2D eigenvalue weighted by Gasteiger charge is -2.22. The predicted molar refractivity (Wildman–Crippen MR) is 217 cm³/mol. The van der Waals surface area contributed by atoms with E-state index >= 15 is 0 Å². The number of nitrogens with zero attached hydrogens (tertiary/aromatic N) is 3. The van der Waals surface area contributed by atoms with Crippen molar-refractivity contribution in [3.8, 4) is 39.5 Å². The maximum absolute atomic E-state index is 5.42. The lowest BCUT2D eigenvalue weighted by Crippen LogP contribution is -2.15. The largest absolute Gasteiger partial charge is 0.277 e. The molecule has 2 heterocycles. The monoisotopic (exact) mass is 663 g/mol. The van der Waals surface area contributed by atoms with Gasteiger partial charge in [0, 0.05) is 32.7 Å². The highest BCUT2D eigenvalue weighted by atomic mass is 15.2. The number of aromatic nitrogens is 3. The van der Waals surface area contributed by atoms with Crippen LogP contribution in [0.5, 0.6) is 0 Å². The first kappa shape index (κ1) is 29.2. The van der Waals surface area contributed by atoms with Crippen molar-refractivity contribution in [2.75, 3.05) is 0 Å². The molecule has 3 nitrogen and oxygen atoms in total. The second kappa shape index (κ2) is 10.7. The summed E-state index contributed by atoms with van der Waals surface area (Å²) in [6.45, 7) is 4.74. The Balaban J connectivity index is 1.23. The molecule has 1 aliphatic rings. The third-order valence-electron chi connectivity index (χ3n) is 11.4. The maximum atomic E-state index is 5.42. The van der Waals surface area contributed by atoms with Crippen LogP contribution in [0.4, 0.5) is 0 Å². The lowest BCUT2D eigenvalue weighted by atomic mass is 9.81. The first-order chi connectivity index (χ1) is 25.6. The molecule has 0 saturated carbocycles. The Morgan fingerprint density at radius 1 is 0.481 bits per heavy atom. The first-order valence-electron chi connectivity index (χ1n) is 18.0. The highest BCUT2D eigenvalue weighted by Gasteiger charge is 2.37. The van der Waals surface area contributed by atoms with Crippen LogP contribution in [0.2, 0.25) is 0 Å². The Morgan fingerprint density at radius 3 is 2.02 bits per heavy atom. The van der Waals surface area contributed by atoms with Crippen LogP contribution in [-0.4, -0.2) is 14.5 Å². The molecule has 0 spiro atoms. The van der Waals surface area contributed by atoms with Gasteiger partial charge in [0.15, 0.2) is 0 Å². The molecule has 0 unspecified atom stereocenters. The van der Waals surface area contributed by atoms with Crippen LogP contribution in [0.15, 0.2) is 164 Å². The molecular formula is C49H33N3. The van der Waals surface area contributed by atoms with Crippen LogP contribution in [0.1, 0.15) is 25.0 Å². The Labute approximate surface area is 301 Å². The number of hydrogen-bond acceptors (Lipinski definition) is 2. The smallest absolute Gasteiger partial charge is 0.235 e. The zero-order valence-corrected chi connectivity index (χ0v) is 28.9. The highest BCUT2D eigenvalue weighted by molar-refractivity contribution is 6.23. The van der Waals surface area contributed by atoms with E-state index in [1.807, 2.05) is 0 Å². The summed E-state index contributed by atoms with van der Waals surface area (Å²) in [5.41, 5.74) is 12.8. The van der Waals surface area contributed by atoms with Crippen molar-refractivity contribution in [2.45, 2.75) is 19.3 Å². The van der Waals surface area contributed by atoms with E-state index in [1.165, 1.54) is 60.1 Å². The van der Waals surface area contributed by atoms with Gasteiger partial charge in [0.2, 0.25) is 5.95 Å². The molecule has 0 radical (unpaired) electrons. The van der Waals surface area contributed by atoms with Crippen molar-refractivity contribution >= 4 is 54.3 Å². The summed E-state index contributed by atoms with van der Waals surface area (Å²) in [6.07, 6.45) is 0. The van der Waals surface area contributed by atoms with Crippen molar-refractivity contribution in [3.05, 3.63) is 175 Å². The molecule has 0 atom stereocenters. The molecule has 8 aromatic carbocycles. The fourth-order valence-electron chi connectivity index (χ4n) is 8.93. The van der Waals surface area contributed by atoms with Gasteiger partial charge < -0.3 is 0 Å². The van der Waals surface area contributed by atoms with Gasteiger partial charge in [0.25, 0.3) is 0 Å². The predicted octanol–water partition coefficient (Wildman–Crippen LogP) is 12.7. The molecule has 0 saturated heterocycles. The standard InChI is InChI=1S/C49H33N3/c1-49(2)40-27-24-30-13-6-8-17-34(30)44(40)37-26-23-33(29-41(37)49)36-20-12-21-39-45-35-18-9-7-14-31(35)25-28-43(45)52(47(36)39)48-50-42-22-11-10-19-38(42)46(51-48)32-15-4-3-5-16-32/h3-29H,1-2H3. The third kappa shape index (κ3) is 4.02. The van der Waals surface area contributed by atoms with E-state index < -0.39 is 0 Å². The average molecular weight is 664 g/mol. The third-order valence-corrected chi connectivity index (χ3v) is 11.4. The van der Waals surface area contributed by atoms with Crippen molar-refractivity contribution < 1.29 is 0 Å². The first-order valence-corrected chi connectivity index (χ1v) is 18.0. The topological polar surface area (TPSA) is 30.7 Å². The second-order valence-corrected chi connectivity index (χ2v) is 14.6. The molecular weight excluding hydrogens is 631 g/mol. The Kier molecular flexibility index (Phi) is 6.01. The van der Waals surface area contributed by atoms with Crippen LogP contribution in [0.25, 0.3) is 93.7 Å². The summed E-state index contributed by atoms with van der Waals surface area (Å²) >= 11 is 0. The molecule has 244 valence electrons. The summed E-state index contributed by atoms with van der Waals surface area (Å²) in [5, 5.41) is 8.48. The molecule has 10 aromatic rings.